The monoisotopic (exact) mass is 220 g/mol. The van der Waals surface area contributed by atoms with Gasteiger partial charge in [-0.05, 0) is 52.0 Å². The third-order valence-corrected chi connectivity index (χ3v) is 2.02. The van der Waals surface area contributed by atoms with Crippen LogP contribution in [0.15, 0.2) is 24.3 Å². The highest BCUT2D eigenvalue weighted by Crippen LogP contribution is 2.10. The van der Waals surface area contributed by atoms with Crippen molar-refractivity contribution in [1.82, 2.24) is 5.32 Å². The molecule has 0 aliphatic carbocycles. The molecule has 0 radical (unpaired) electrons. The van der Waals surface area contributed by atoms with Crippen LogP contribution in [0.3, 0.4) is 0 Å². The molecule has 1 rings (SSSR count). The number of amides is 1. The van der Waals surface area contributed by atoms with Crippen molar-refractivity contribution in [2.45, 2.75) is 39.8 Å². The van der Waals surface area contributed by atoms with Gasteiger partial charge in [0.1, 0.15) is 0 Å². The minimum atomic E-state index is -0.0221. The van der Waals surface area contributed by atoms with Crippen LogP contribution in [-0.2, 0) is 0 Å². The van der Waals surface area contributed by atoms with Gasteiger partial charge in [-0.1, -0.05) is 0 Å². The molecule has 16 heavy (non-hydrogen) atoms. The van der Waals surface area contributed by atoms with Crippen molar-refractivity contribution in [3.05, 3.63) is 29.8 Å². The van der Waals surface area contributed by atoms with Crippen molar-refractivity contribution in [3.8, 4) is 0 Å². The van der Waals surface area contributed by atoms with Crippen molar-refractivity contribution in [2.24, 2.45) is 0 Å². The lowest BCUT2D eigenvalue weighted by atomic mass is 10.2. The summed E-state index contributed by atoms with van der Waals surface area (Å²) < 4.78 is 0. The zero-order valence-corrected chi connectivity index (χ0v) is 10.4. The maximum atomic E-state index is 11.7. The quantitative estimate of drug-likeness (QED) is 0.819. The van der Waals surface area contributed by atoms with Crippen LogP contribution in [0.4, 0.5) is 5.69 Å². The molecule has 0 aliphatic heterocycles. The molecule has 0 atom stereocenters. The molecule has 1 aromatic rings. The van der Waals surface area contributed by atoms with Crippen molar-refractivity contribution in [3.63, 3.8) is 0 Å². The van der Waals surface area contributed by atoms with E-state index < -0.39 is 0 Å². The Morgan fingerprint density at radius 3 is 2.00 bits per heavy atom. The first-order valence-electron chi connectivity index (χ1n) is 5.66. The molecule has 2 N–H and O–H groups in total. The average Bonchev–Trinajstić information content (AvgIpc) is 2.16. The normalized spacial score (nSPS) is 10.6. The summed E-state index contributed by atoms with van der Waals surface area (Å²) >= 11 is 0. The van der Waals surface area contributed by atoms with Crippen molar-refractivity contribution in [1.29, 1.82) is 0 Å². The van der Waals surface area contributed by atoms with Crippen LogP contribution < -0.4 is 10.6 Å². The van der Waals surface area contributed by atoms with Gasteiger partial charge in [-0.25, -0.2) is 0 Å². The molecule has 0 spiro atoms. The van der Waals surface area contributed by atoms with E-state index in [1.54, 1.807) is 0 Å². The molecule has 0 aromatic heterocycles. The lowest BCUT2D eigenvalue weighted by Gasteiger charge is -2.11. The van der Waals surface area contributed by atoms with E-state index >= 15 is 0 Å². The summed E-state index contributed by atoms with van der Waals surface area (Å²) in [6.45, 7) is 8.07. The summed E-state index contributed by atoms with van der Waals surface area (Å²) in [5.74, 6) is -0.0221. The highest BCUT2D eigenvalue weighted by atomic mass is 16.1. The molecule has 1 aromatic carbocycles. The Labute approximate surface area is 97.2 Å². The highest BCUT2D eigenvalue weighted by Gasteiger charge is 2.06. The summed E-state index contributed by atoms with van der Waals surface area (Å²) in [6.07, 6.45) is 0. The van der Waals surface area contributed by atoms with E-state index in [1.807, 2.05) is 38.1 Å². The van der Waals surface area contributed by atoms with Crippen LogP contribution in [0.1, 0.15) is 38.1 Å². The van der Waals surface area contributed by atoms with Crippen LogP contribution >= 0.6 is 0 Å². The molecule has 0 heterocycles. The average molecular weight is 220 g/mol. The number of hydrogen-bond acceptors (Lipinski definition) is 2. The second kappa shape index (κ2) is 5.54. The number of anilines is 1. The minimum absolute atomic E-state index is 0.0221. The summed E-state index contributed by atoms with van der Waals surface area (Å²) in [7, 11) is 0. The van der Waals surface area contributed by atoms with Gasteiger partial charge in [0.05, 0.1) is 0 Å². The predicted molar refractivity (Wildman–Crippen MR) is 67.8 cm³/mol. The van der Waals surface area contributed by atoms with Crippen LogP contribution in [0.5, 0.6) is 0 Å². The van der Waals surface area contributed by atoms with E-state index in [2.05, 4.69) is 24.5 Å². The van der Waals surface area contributed by atoms with Gasteiger partial charge in [0, 0.05) is 23.3 Å². The van der Waals surface area contributed by atoms with E-state index in [1.165, 1.54) is 0 Å². The van der Waals surface area contributed by atoms with Gasteiger partial charge in [-0.2, -0.15) is 0 Å². The predicted octanol–water partition coefficient (Wildman–Crippen LogP) is 2.65. The number of nitrogens with one attached hydrogen (secondary N) is 2. The van der Waals surface area contributed by atoms with Crippen LogP contribution in [0.2, 0.25) is 0 Å². The molecule has 0 unspecified atom stereocenters. The second-order valence-electron chi connectivity index (χ2n) is 4.50. The Balaban J connectivity index is 2.67. The van der Waals surface area contributed by atoms with E-state index in [4.69, 9.17) is 0 Å². The number of benzene rings is 1. The SMILES string of the molecule is CC(C)NC(=O)c1ccc(NC(C)C)cc1. The van der Waals surface area contributed by atoms with Gasteiger partial charge in [0.2, 0.25) is 0 Å². The molecule has 0 aliphatic rings. The molecule has 3 nitrogen and oxygen atoms in total. The van der Waals surface area contributed by atoms with Gasteiger partial charge in [0.25, 0.3) is 5.91 Å². The van der Waals surface area contributed by atoms with Gasteiger partial charge in [0.15, 0.2) is 0 Å². The van der Waals surface area contributed by atoms with Crippen LogP contribution in [0, 0.1) is 0 Å². The molecule has 0 bridgehead atoms. The largest absolute Gasteiger partial charge is 0.383 e. The van der Waals surface area contributed by atoms with Gasteiger partial charge < -0.3 is 10.6 Å². The Kier molecular flexibility index (Phi) is 4.35. The molecule has 0 saturated carbocycles. The molecular weight excluding hydrogens is 200 g/mol. The topological polar surface area (TPSA) is 41.1 Å². The fourth-order valence-corrected chi connectivity index (χ4v) is 1.40. The smallest absolute Gasteiger partial charge is 0.251 e. The summed E-state index contributed by atoms with van der Waals surface area (Å²) in [6, 6.07) is 8.09. The Hall–Kier alpha value is -1.51. The third-order valence-electron chi connectivity index (χ3n) is 2.02. The number of rotatable bonds is 4. The standard InChI is InChI=1S/C13H20N2O/c1-9(2)14-12-7-5-11(6-8-12)13(16)15-10(3)4/h5-10,14H,1-4H3,(H,15,16). The fraction of sp³-hybridized carbons (Fsp3) is 0.462. The van der Waals surface area contributed by atoms with E-state index in [9.17, 15) is 4.79 Å². The molecular formula is C13H20N2O. The maximum absolute atomic E-state index is 11.7. The highest BCUT2D eigenvalue weighted by molar-refractivity contribution is 5.94. The zero-order chi connectivity index (χ0) is 12.1. The van der Waals surface area contributed by atoms with Crippen molar-refractivity contribution in [2.75, 3.05) is 5.32 Å². The zero-order valence-electron chi connectivity index (χ0n) is 10.4. The molecule has 1 amide bonds. The van der Waals surface area contributed by atoms with E-state index in [0.717, 1.165) is 5.69 Å². The molecule has 0 fully saturated rings. The first-order valence-corrected chi connectivity index (χ1v) is 5.66. The van der Waals surface area contributed by atoms with Gasteiger partial charge in [-0.15, -0.1) is 0 Å². The lowest BCUT2D eigenvalue weighted by molar-refractivity contribution is 0.0943. The maximum Gasteiger partial charge on any atom is 0.251 e. The number of carbonyl (C=O) groups excluding carboxylic acids is 1. The van der Waals surface area contributed by atoms with Gasteiger partial charge >= 0.3 is 0 Å². The Bertz CT molecular complexity index is 341. The van der Waals surface area contributed by atoms with Gasteiger partial charge in [-0.3, -0.25) is 4.79 Å². The third kappa shape index (κ3) is 3.93. The first kappa shape index (κ1) is 12.6. The fourth-order valence-electron chi connectivity index (χ4n) is 1.40. The summed E-state index contributed by atoms with van der Waals surface area (Å²) in [4.78, 5) is 11.7. The van der Waals surface area contributed by atoms with Crippen LogP contribution in [-0.4, -0.2) is 18.0 Å². The van der Waals surface area contributed by atoms with E-state index in [-0.39, 0.29) is 11.9 Å². The van der Waals surface area contributed by atoms with Crippen molar-refractivity contribution >= 4 is 11.6 Å². The first-order chi connectivity index (χ1) is 7.49. The molecule has 88 valence electrons. The van der Waals surface area contributed by atoms with Crippen molar-refractivity contribution < 1.29 is 4.79 Å². The number of carbonyl (C=O) groups is 1. The second-order valence-corrected chi connectivity index (χ2v) is 4.50. The number of hydrogen-bond donors (Lipinski definition) is 2. The molecule has 0 saturated heterocycles. The summed E-state index contributed by atoms with van der Waals surface area (Å²) in [5.41, 5.74) is 1.74. The Morgan fingerprint density at radius 1 is 1.00 bits per heavy atom. The lowest BCUT2D eigenvalue weighted by Crippen LogP contribution is -2.29. The molecule has 3 heteroatoms. The summed E-state index contributed by atoms with van der Waals surface area (Å²) in [5, 5.41) is 6.14. The van der Waals surface area contributed by atoms with E-state index in [0.29, 0.717) is 11.6 Å². The van der Waals surface area contributed by atoms with Crippen LogP contribution in [0.25, 0.3) is 0 Å². The Morgan fingerprint density at radius 2 is 1.56 bits per heavy atom. The minimum Gasteiger partial charge on any atom is -0.383 e.